The van der Waals surface area contributed by atoms with Crippen molar-refractivity contribution in [3.63, 3.8) is 0 Å². The second-order valence-corrected chi connectivity index (χ2v) is 6.65. The van der Waals surface area contributed by atoms with Crippen molar-refractivity contribution < 1.29 is 19.0 Å². The molecule has 2 amide bonds. The number of nitrogens with one attached hydrogen (secondary N) is 2. The maximum atomic E-state index is 12.7. The second kappa shape index (κ2) is 8.30. The number of ether oxygens (including phenoxy) is 3. The lowest BCUT2D eigenvalue weighted by Gasteiger charge is -2.19. The van der Waals surface area contributed by atoms with Crippen LogP contribution in [-0.2, 0) is 6.42 Å². The first-order valence-corrected chi connectivity index (χ1v) is 9.19. The number of nitrogens with two attached hydrogens (primary N) is 1. The van der Waals surface area contributed by atoms with E-state index in [1.807, 2.05) is 12.1 Å². The molecule has 0 radical (unpaired) electrons. The molecule has 0 bridgehead atoms. The Morgan fingerprint density at radius 1 is 1.10 bits per heavy atom. The molecule has 0 unspecified atom stereocenters. The maximum Gasteiger partial charge on any atom is 0.312 e. The summed E-state index contributed by atoms with van der Waals surface area (Å²) in [5, 5.41) is 5.66. The van der Waals surface area contributed by atoms with Gasteiger partial charge in [-0.3, -0.25) is 4.79 Å². The minimum Gasteiger partial charge on any atom is -0.493 e. The molecule has 8 nitrogen and oxygen atoms in total. The Morgan fingerprint density at radius 3 is 2.41 bits per heavy atom. The first kappa shape index (κ1) is 20.3. The summed E-state index contributed by atoms with van der Waals surface area (Å²) >= 11 is 0. The van der Waals surface area contributed by atoms with Crippen LogP contribution in [-0.4, -0.2) is 34.4 Å². The molecule has 2 aromatic carbocycles. The van der Waals surface area contributed by atoms with Crippen LogP contribution in [0.1, 0.15) is 23.6 Å². The van der Waals surface area contributed by atoms with Crippen LogP contribution in [0.15, 0.2) is 29.1 Å². The van der Waals surface area contributed by atoms with Crippen molar-refractivity contribution in [2.45, 2.75) is 18.9 Å². The van der Waals surface area contributed by atoms with Crippen LogP contribution in [0.3, 0.4) is 0 Å². The summed E-state index contributed by atoms with van der Waals surface area (Å²) in [7, 11) is 6.35. The molecule has 0 aromatic heterocycles. The van der Waals surface area contributed by atoms with Crippen LogP contribution in [0.5, 0.6) is 17.2 Å². The highest BCUT2D eigenvalue weighted by Crippen LogP contribution is 2.50. The standard InChI is InChI=1S/C21H25N3O5/c1-23-15-8-6-12-13(10-16(15)25)14(24-21(22)26)7-5-11-9-17(27-2)19(28-3)20(29-4)18(11)12/h6,8-10,14H,5,7H2,1-4H3,(H,23,25)(H3,22,24,26)/t14-/m0/s1. The number of fused-ring (bicyclic) bond motifs is 3. The summed E-state index contributed by atoms with van der Waals surface area (Å²) < 4.78 is 16.7. The highest BCUT2D eigenvalue weighted by molar-refractivity contribution is 5.83. The molecule has 0 saturated carbocycles. The highest BCUT2D eigenvalue weighted by atomic mass is 16.5. The van der Waals surface area contributed by atoms with E-state index in [1.165, 1.54) is 6.07 Å². The topological polar surface area (TPSA) is 112 Å². The maximum absolute atomic E-state index is 12.7. The third kappa shape index (κ3) is 3.65. The third-order valence-electron chi connectivity index (χ3n) is 5.12. The van der Waals surface area contributed by atoms with Gasteiger partial charge in [0.2, 0.25) is 11.2 Å². The molecule has 154 valence electrons. The average Bonchev–Trinajstić information content (AvgIpc) is 2.95. The van der Waals surface area contributed by atoms with Crippen LogP contribution in [0.25, 0.3) is 11.1 Å². The van der Waals surface area contributed by atoms with Gasteiger partial charge in [0.1, 0.15) is 0 Å². The Morgan fingerprint density at radius 2 is 1.83 bits per heavy atom. The molecule has 0 heterocycles. The monoisotopic (exact) mass is 399 g/mol. The smallest absolute Gasteiger partial charge is 0.312 e. The molecule has 0 spiro atoms. The number of anilines is 1. The van der Waals surface area contributed by atoms with Crippen molar-refractivity contribution in [1.29, 1.82) is 0 Å². The quantitative estimate of drug-likeness (QED) is 0.712. The third-order valence-corrected chi connectivity index (χ3v) is 5.12. The van der Waals surface area contributed by atoms with E-state index >= 15 is 0 Å². The number of benzene rings is 1. The molecular formula is C21H25N3O5. The van der Waals surface area contributed by atoms with Crippen LogP contribution >= 0.6 is 0 Å². The predicted octanol–water partition coefficient (Wildman–Crippen LogP) is 2.44. The molecule has 4 N–H and O–H groups in total. The Kier molecular flexibility index (Phi) is 5.81. The molecule has 8 heteroatoms. The SMILES string of the molecule is CNc1ccc2c(cc1=O)[C@@H](NC(N)=O)CCc1cc(OC)c(OC)c(OC)c1-2. The van der Waals surface area contributed by atoms with Crippen molar-refractivity contribution in [2.24, 2.45) is 5.73 Å². The molecule has 0 saturated heterocycles. The molecule has 3 rings (SSSR count). The summed E-state index contributed by atoms with van der Waals surface area (Å²) in [5.74, 6) is 1.52. The zero-order valence-electron chi connectivity index (χ0n) is 16.9. The molecular weight excluding hydrogens is 374 g/mol. The van der Waals surface area contributed by atoms with Gasteiger partial charge in [0.05, 0.1) is 33.1 Å². The number of carbonyl (C=O) groups is 1. The van der Waals surface area contributed by atoms with Gasteiger partial charge < -0.3 is 30.6 Å². The van der Waals surface area contributed by atoms with E-state index in [2.05, 4.69) is 10.6 Å². The first-order chi connectivity index (χ1) is 13.9. The molecule has 2 aromatic rings. The number of methoxy groups -OCH3 is 3. The highest BCUT2D eigenvalue weighted by Gasteiger charge is 2.29. The lowest BCUT2D eigenvalue weighted by molar-refractivity contribution is 0.244. The van der Waals surface area contributed by atoms with Crippen molar-refractivity contribution in [3.05, 3.63) is 45.6 Å². The van der Waals surface area contributed by atoms with E-state index in [4.69, 9.17) is 19.9 Å². The zero-order chi connectivity index (χ0) is 21.1. The van der Waals surface area contributed by atoms with Gasteiger partial charge in [0.15, 0.2) is 11.5 Å². The second-order valence-electron chi connectivity index (χ2n) is 6.65. The van der Waals surface area contributed by atoms with E-state index in [0.717, 1.165) is 16.7 Å². The molecule has 1 aliphatic carbocycles. The van der Waals surface area contributed by atoms with Gasteiger partial charge in [-0.05, 0) is 47.7 Å². The van der Waals surface area contributed by atoms with E-state index in [-0.39, 0.29) is 5.43 Å². The summed E-state index contributed by atoms with van der Waals surface area (Å²) in [6, 6.07) is 5.91. The fourth-order valence-corrected chi connectivity index (χ4v) is 3.84. The Hall–Kier alpha value is -3.42. The number of amides is 2. The van der Waals surface area contributed by atoms with Gasteiger partial charge in [0, 0.05) is 12.6 Å². The normalized spacial score (nSPS) is 14.7. The van der Waals surface area contributed by atoms with Gasteiger partial charge in [-0.1, -0.05) is 6.07 Å². The van der Waals surface area contributed by atoms with E-state index < -0.39 is 12.1 Å². The average molecular weight is 399 g/mol. The van der Waals surface area contributed by atoms with Crippen LogP contribution in [0, 0.1) is 0 Å². The Labute approximate surface area is 169 Å². The fraction of sp³-hybridized carbons (Fsp3) is 0.333. The number of hydrogen-bond acceptors (Lipinski definition) is 6. The summed E-state index contributed by atoms with van der Waals surface area (Å²) in [4.78, 5) is 24.3. The van der Waals surface area contributed by atoms with Gasteiger partial charge >= 0.3 is 6.03 Å². The van der Waals surface area contributed by atoms with Crippen molar-refractivity contribution >= 4 is 11.7 Å². The Balaban J connectivity index is 2.41. The Bertz CT molecular complexity index is 1010. The number of hydrogen-bond donors (Lipinski definition) is 3. The summed E-state index contributed by atoms with van der Waals surface area (Å²) in [6.07, 6.45) is 1.17. The van der Waals surface area contributed by atoms with Gasteiger partial charge in [-0.25, -0.2) is 4.79 Å². The molecule has 0 aliphatic heterocycles. The fourth-order valence-electron chi connectivity index (χ4n) is 3.84. The van der Waals surface area contributed by atoms with Gasteiger partial charge in [-0.15, -0.1) is 0 Å². The molecule has 1 atom stereocenters. The first-order valence-electron chi connectivity index (χ1n) is 9.19. The number of aryl methyl sites for hydroxylation is 1. The molecule has 0 fully saturated rings. The van der Waals surface area contributed by atoms with Crippen LogP contribution < -0.4 is 36.0 Å². The minimum absolute atomic E-state index is 0.187. The van der Waals surface area contributed by atoms with E-state index in [0.29, 0.717) is 41.3 Å². The van der Waals surface area contributed by atoms with E-state index in [9.17, 15) is 9.59 Å². The van der Waals surface area contributed by atoms with Crippen LogP contribution in [0.4, 0.5) is 10.5 Å². The van der Waals surface area contributed by atoms with Gasteiger partial charge in [-0.2, -0.15) is 0 Å². The summed E-state index contributed by atoms with van der Waals surface area (Å²) in [6.45, 7) is 0. The van der Waals surface area contributed by atoms with Crippen molar-refractivity contribution in [1.82, 2.24) is 5.32 Å². The van der Waals surface area contributed by atoms with Crippen molar-refractivity contribution in [3.8, 4) is 28.4 Å². The lowest BCUT2D eigenvalue weighted by atomic mass is 9.95. The number of urea groups is 1. The van der Waals surface area contributed by atoms with E-state index in [1.54, 1.807) is 34.4 Å². The van der Waals surface area contributed by atoms with Gasteiger partial charge in [0.25, 0.3) is 0 Å². The molecule has 29 heavy (non-hydrogen) atoms. The summed E-state index contributed by atoms with van der Waals surface area (Å²) in [5.41, 5.74) is 8.84. The number of carbonyl (C=O) groups excluding carboxylic acids is 1. The number of rotatable bonds is 5. The van der Waals surface area contributed by atoms with Crippen LogP contribution in [0.2, 0.25) is 0 Å². The zero-order valence-corrected chi connectivity index (χ0v) is 16.9. The number of primary amides is 1. The lowest BCUT2D eigenvalue weighted by Crippen LogP contribution is -2.33. The predicted molar refractivity (Wildman–Crippen MR) is 111 cm³/mol. The van der Waals surface area contributed by atoms with Crippen molar-refractivity contribution in [2.75, 3.05) is 33.7 Å². The minimum atomic E-state index is -0.651. The molecule has 1 aliphatic rings. The largest absolute Gasteiger partial charge is 0.493 e.